The van der Waals surface area contributed by atoms with Crippen molar-refractivity contribution >= 4 is 40.3 Å². The van der Waals surface area contributed by atoms with E-state index in [4.69, 9.17) is 10.5 Å². The predicted molar refractivity (Wildman–Crippen MR) is 106 cm³/mol. The van der Waals surface area contributed by atoms with Crippen LogP contribution in [0.2, 0.25) is 0 Å². The molecule has 0 fully saturated rings. The molecule has 0 saturated carbocycles. The first-order valence-electron chi connectivity index (χ1n) is 8.18. The number of nitrogens with one attached hydrogen (secondary N) is 1. The Morgan fingerprint density at radius 1 is 1.32 bits per heavy atom. The van der Waals surface area contributed by atoms with Crippen molar-refractivity contribution in [3.05, 3.63) is 40.5 Å². The van der Waals surface area contributed by atoms with E-state index >= 15 is 0 Å². The lowest BCUT2D eigenvalue weighted by molar-refractivity contribution is 0.0636. The highest BCUT2D eigenvalue weighted by Gasteiger charge is 2.20. The fraction of sp³-hybridized carbons (Fsp3) is 0.368. The lowest BCUT2D eigenvalue weighted by atomic mass is 10.1. The van der Waals surface area contributed by atoms with E-state index < -0.39 is 11.7 Å². The van der Waals surface area contributed by atoms with Gasteiger partial charge in [0.25, 0.3) is 0 Å². The molecule has 0 radical (unpaired) electrons. The summed E-state index contributed by atoms with van der Waals surface area (Å²) in [7, 11) is 0. The second-order valence-electron chi connectivity index (χ2n) is 7.05. The number of nitrogens with two attached hydrogens (primary N) is 1. The van der Waals surface area contributed by atoms with Crippen LogP contribution in [0, 0.1) is 0 Å². The number of benzene rings is 1. The summed E-state index contributed by atoms with van der Waals surface area (Å²) >= 11 is 1.42. The Balaban J connectivity index is 2.20. The van der Waals surface area contributed by atoms with Crippen LogP contribution in [0.5, 0.6) is 0 Å². The number of carbonyl (C=O) groups excluding carboxylic acids is 1. The van der Waals surface area contributed by atoms with E-state index in [-0.39, 0.29) is 5.92 Å². The van der Waals surface area contributed by atoms with E-state index in [9.17, 15) is 4.79 Å². The van der Waals surface area contributed by atoms with Gasteiger partial charge in [0, 0.05) is 5.69 Å². The number of nitrogen functional groups attached to an aromatic ring is 1. The van der Waals surface area contributed by atoms with E-state index in [1.165, 1.54) is 11.3 Å². The van der Waals surface area contributed by atoms with Gasteiger partial charge in [0.1, 0.15) is 15.6 Å². The standard InChI is InChI=1S/C19H25N3O2S/c1-12(2)16-17(22-18(23)24-19(3,4)5)25-15(21-16)10-9-13-7-6-8-14(20)11-13/h6-12H,20H2,1-5H3,(H,22,23). The van der Waals surface area contributed by atoms with Gasteiger partial charge in [-0.2, -0.15) is 0 Å². The second kappa shape index (κ2) is 7.70. The fourth-order valence-electron chi connectivity index (χ4n) is 2.13. The lowest BCUT2D eigenvalue weighted by Crippen LogP contribution is -2.27. The molecule has 6 heteroatoms. The van der Waals surface area contributed by atoms with Crippen LogP contribution in [0.25, 0.3) is 12.2 Å². The van der Waals surface area contributed by atoms with Crippen LogP contribution in [-0.2, 0) is 4.74 Å². The molecule has 0 aliphatic heterocycles. The van der Waals surface area contributed by atoms with E-state index in [1.54, 1.807) is 0 Å². The Morgan fingerprint density at radius 2 is 2.04 bits per heavy atom. The maximum absolute atomic E-state index is 12.0. The van der Waals surface area contributed by atoms with Crippen molar-refractivity contribution in [1.82, 2.24) is 4.98 Å². The molecule has 1 aromatic heterocycles. The number of anilines is 2. The number of aromatic nitrogens is 1. The van der Waals surface area contributed by atoms with Gasteiger partial charge in [-0.05, 0) is 50.5 Å². The van der Waals surface area contributed by atoms with Crippen LogP contribution in [0.1, 0.15) is 56.8 Å². The molecule has 0 unspecified atom stereocenters. The zero-order chi connectivity index (χ0) is 18.6. The minimum atomic E-state index is -0.539. The third-order valence-electron chi connectivity index (χ3n) is 3.16. The Morgan fingerprint density at radius 3 is 2.64 bits per heavy atom. The summed E-state index contributed by atoms with van der Waals surface area (Å²) in [5.74, 6) is 0.190. The van der Waals surface area contributed by atoms with Crippen molar-refractivity contribution in [2.45, 2.75) is 46.1 Å². The number of amides is 1. The van der Waals surface area contributed by atoms with Crippen LogP contribution in [-0.4, -0.2) is 16.7 Å². The molecule has 1 heterocycles. The van der Waals surface area contributed by atoms with Gasteiger partial charge in [0.05, 0.1) is 5.69 Å². The first-order valence-corrected chi connectivity index (χ1v) is 9.00. The molecule has 134 valence electrons. The molecule has 25 heavy (non-hydrogen) atoms. The van der Waals surface area contributed by atoms with Gasteiger partial charge < -0.3 is 10.5 Å². The summed E-state index contributed by atoms with van der Waals surface area (Å²) in [6, 6.07) is 7.63. The third kappa shape index (κ3) is 5.90. The van der Waals surface area contributed by atoms with Gasteiger partial charge in [-0.3, -0.25) is 5.32 Å². The minimum Gasteiger partial charge on any atom is -0.444 e. The summed E-state index contributed by atoms with van der Waals surface area (Å²) in [4.78, 5) is 16.7. The Hall–Kier alpha value is -2.34. The smallest absolute Gasteiger partial charge is 0.412 e. The summed E-state index contributed by atoms with van der Waals surface area (Å²) in [6.45, 7) is 9.59. The zero-order valence-electron chi connectivity index (χ0n) is 15.3. The molecule has 0 atom stereocenters. The van der Waals surface area contributed by atoms with Crippen LogP contribution >= 0.6 is 11.3 Å². The fourth-order valence-corrected chi connectivity index (χ4v) is 3.14. The van der Waals surface area contributed by atoms with Crippen molar-refractivity contribution in [2.75, 3.05) is 11.1 Å². The van der Waals surface area contributed by atoms with E-state index in [0.29, 0.717) is 0 Å². The Bertz CT molecular complexity index is 773. The first kappa shape index (κ1) is 19.0. The van der Waals surface area contributed by atoms with Crippen LogP contribution in [0.4, 0.5) is 15.5 Å². The number of nitrogens with zero attached hydrogens (tertiary/aromatic N) is 1. The molecule has 0 bridgehead atoms. The van der Waals surface area contributed by atoms with Crippen molar-refractivity contribution in [1.29, 1.82) is 0 Å². The predicted octanol–water partition coefficient (Wildman–Crippen LogP) is 5.37. The van der Waals surface area contributed by atoms with E-state index in [1.807, 2.05) is 71.0 Å². The normalized spacial score (nSPS) is 11.9. The summed E-state index contributed by atoms with van der Waals surface area (Å²) in [5.41, 5.74) is 7.83. The number of ether oxygens (including phenoxy) is 1. The van der Waals surface area contributed by atoms with Gasteiger partial charge in [-0.15, -0.1) is 0 Å². The largest absolute Gasteiger partial charge is 0.444 e. The van der Waals surface area contributed by atoms with E-state index in [2.05, 4.69) is 10.3 Å². The van der Waals surface area contributed by atoms with Crippen LogP contribution < -0.4 is 11.1 Å². The van der Waals surface area contributed by atoms with E-state index in [0.717, 1.165) is 27.0 Å². The summed E-state index contributed by atoms with van der Waals surface area (Å²) in [6.07, 6.45) is 3.41. The van der Waals surface area contributed by atoms with Crippen molar-refractivity contribution in [2.24, 2.45) is 0 Å². The quantitative estimate of drug-likeness (QED) is 0.720. The monoisotopic (exact) mass is 359 g/mol. The summed E-state index contributed by atoms with van der Waals surface area (Å²) in [5, 5.41) is 4.35. The molecule has 3 N–H and O–H groups in total. The molecule has 0 saturated heterocycles. The Kier molecular flexibility index (Phi) is 5.85. The number of carbonyl (C=O) groups is 1. The molecular formula is C19H25N3O2S. The maximum atomic E-state index is 12.0. The molecule has 2 aromatic rings. The lowest BCUT2D eigenvalue weighted by Gasteiger charge is -2.19. The molecule has 0 aliphatic carbocycles. The van der Waals surface area contributed by atoms with Crippen molar-refractivity contribution in [3.8, 4) is 0 Å². The summed E-state index contributed by atoms with van der Waals surface area (Å²) < 4.78 is 5.33. The molecule has 5 nitrogen and oxygen atoms in total. The topological polar surface area (TPSA) is 77.2 Å². The van der Waals surface area contributed by atoms with Gasteiger partial charge in [0.2, 0.25) is 0 Å². The molecule has 1 aromatic carbocycles. The van der Waals surface area contributed by atoms with Gasteiger partial charge in [-0.1, -0.05) is 43.4 Å². The molecule has 2 rings (SSSR count). The zero-order valence-corrected chi connectivity index (χ0v) is 16.1. The molecular weight excluding hydrogens is 334 g/mol. The van der Waals surface area contributed by atoms with Gasteiger partial charge in [0.15, 0.2) is 0 Å². The number of rotatable bonds is 4. The average molecular weight is 359 g/mol. The molecule has 0 aliphatic rings. The average Bonchev–Trinajstić information content (AvgIpc) is 2.86. The number of thiazole rings is 1. The minimum absolute atomic E-state index is 0.190. The van der Waals surface area contributed by atoms with Crippen LogP contribution in [0.15, 0.2) is 24.3 Å². The van der Waals surface area contributed by atoms with Crippen molar-refractivity contribution in [3.63, 3.8) is 0 Å². The Labute approximate surface area is 152 Å². The highest BCUT2D eigenvalue weighted by molar-refractivity contribution is 7.16. The highest BCUT2D eigenvalue weighted by Crippen LogP contribution is 2.31. The molecule has 0 spiro atoms. The maximum Gasteiger partial charge on any atom is 0.412 e. The highest BCUT2D eigenvalue weighted by atomic mass is 32.1. The second-order valence-corrected chi connectivity index (χ2v) is 8.08. The first-order chi connectivity index (χ1) is 11.6. The number of hydrogen-bond donors (Lipinski definition) is 2. The SMILES string of the molecule is CC(C)c1nc(C=Cc2cccc(N)c2)sc1NC(=O)OC(C)(C)C. The number of hydrogen-bond acceptors (Lipinski definition) is 5. The van der Waals surface area contributed by atoms with Crippen LogP contribution in [0.3, 0.4) is 0 Å². The third-order valence-corrected chi connectivity index (χ3v) is 4.11. The van der Waals surface area contributed by atoms with Crippen molar-refractivity contribution < 1.29 is 9.53 Å². The molecule has 1 amide bonds. The van der Waals surface area contributed by atoms with Gasteiger partial charge >= 0.3 is 6.09 Å². The van der Waals surface area contributed by atoms with Gasteiger partial charge in [-0.25, -0.2) is 9.78 Å².